The maximum absolute atomic E-state index is 15.8. The smallest absolute Gasteiger partial charge is 0.203 e. The molecule has 5 aromatic rings. The zero-order valence-corrected chi connectivity index (χ0v) is 23.7. The number of fused-ring (bicyclic) bond motifs is 1. The van der Waals surface area contributed by atoms with Crippen molar-refractivity contribution in [1.82, 2.24) is 38.0 Å². The number of methoxy groups -OCH3 is 2. The second-order valence-electron chi connectivity index (χ2n) is 9.06. The molecule has 0 spiro atoms. The minimum Gasteiger partial charge on any atom is -0.497 e. The third kappa shape index (κ3) is 5.10. The molecule has 5 rings (SSSR count). The van der Waals surface area contributed by atoms with Crippen molar-refractivity contribution in [1.29, 1.82) is 0 Å². The van der Waals surface area contributed by atoms with Gasteiger partial charge < -0.3 is 14.4 Å². The topological polar surface area (TPSA) is 116 Å². The van der Waals surface area contributed by atoms with Crippen LogP contribution in [0.4, 0.5) is 15.9 Å². The van der Waals surface area contributed by atoms with Gasteiger partial charge in [0, 0.05) is 45.0 Å². The first-order valence-corrected chi connectivity index (χ1v) is 13.2. The molecule has 4 aromatic heterocycles. The lowest BCUT2D eigenvalue weighted by Crippen LogP contribution is -2.23. The van der Waals surface area contributed by atoms with E-state index in [0.717, 1.165) is 5.56 Å². The first-order valence-electron chi connectivity index (χ1n) is 12.1. The molecule has 0 saturated heterocycles. The number of halogens is 1. The monoisotopic (exact) mass is 565 g/mol. The van der Waals surface area contributed by atoms with E-state index in [9.17, 15) is 4.21 Å². The highest BCUT2D eigenvalue weighted by Crippen LogP contribution is 2.37. The molecule has 40 heavy (non-hydrogen) atoms. The van der Waals surface area contributed by atoms with Crippen molar-refractivity contribution in [2.24, 2.45) is 7.05 Å². The zero-order valence-electron chi connectivity index (χ0n) is 22.9. The molecule has 4 heterocycles. The van der Waals surface area contributed by atoms with E-state index in [0.29, 0.717) is 39.8 Å². The van der Waals surface area contributed by atoms with Gasteiger partial charge in [-0.15, -0.1) is 0 Å². The van der Waals surface area contributed by atoms with Gasteiger partial charge in [-0.2, -0.15) is 5.10 Å². The minimum absolute atomic E-state index is 0.00903. The first kappa shape index (κ1) is 27.1. The Labute approximate surface area is 232 Å². The highest BCUT2D eigenvalue weighted by atomic mass is 32.2. The summed E-state index contributed by atoms with van der Waals surface area (Å²) in [5.41, 5.74) is 3.73. The van der Waals surface area contributed by atoms with Crippen molar-refractivity contribution in [3.63, 3.8) is 0 Å². The molecule has 0 amide bonds. The SMILES string of the molecule is COc1cc(OC)c(F)c(N(Cc2ncn(S(=O)N(C)C)c2C)c2ccc3ncc(-c4cnn(C)c4)nc3n2)c1. The van der Waals surface area contributed by atoms with Crippen LogP contribution in [0.5, 0.6) is 11.5 Å². The van der Waals surface area contributed by atoms with Crippen LogP contribution in [0.25, 0.3) is 22.4 Å². The quantitative estimate of drug-likeness (QED) is 0.265. The molecular formula is C26H28FN9O3S. The van der Waals surface area contributed by atoms with Crippen LogP contribution in [-0.4, -0.2) is 70.5 Å². The lowest BCUT2D eigenvalue weighted by atomic mass is 10.2. The Morgan fingerprint density at radius 2 is 1.88 bits per heavy atom. The van der Waals surface area contributed by atoms with Gasteiger partial charge in [-0.05, 0) is 19.1 Å². The summed E-state index contributed by atoms with van der Waals surface area (Å²) in [5, 5.41) is 4.20. The Kier molecular flexibility index (Phi) is 7.45. The Bertz CT molecular complexity index is 1720. The standard InChI is InChI=1S/C26H28FN9O3S/c1-16-21(29-15-36(16)40(37)33(2)3)14-35(22-9-18(38-5)10-23(39-6)25(22)27)24-8-7-19-26(32-24)31-20(12-28-19)17-11-30-34(4)13-17/h7-13,15H,14H2,1-6H3. The van der Waals surface area contributed by atoms with Gasteiger partial charge in [0.05, 0.1) is 55.9 Å². The second kappa shape index (κ2) is 11.0. The first-order chi connectivity index (χ1) is 19.2. The summed E-state index contributed by atoms with van der Waals surface area (Å²) in [6.45, 7) is 1.91. The van der Waals surface area contributed by atoms with Crippen molar-refractivity contribution in [2.45, 2.75) is 13.5 Å². The van der Waals surface area contributed by atoms with Crippen molar-refractivity contribution in [3.8, 4) is 22.8 Å². The summed E-state index contributed by atoms with van der Waals surface area (Å²) in [7, 11) is 8.12. The normalized spacial score (nSPS) is 12.2. The molecular weight excluding hydrogens is 537 g/mol. The molecule has 0 aliphatic carbocycles. The van der Waals surface area contributed by atoms with Crippen molar-refractivity contribution in [2.75, 3.05) is 33.2 Å². The van der Waals surface area contributed by atoms with E-state index in [1.807, 2.05) is 20.2 Å². The average Bonchev–Trinajstić information content (AvgIpc) is 3.56. The molecule has 12 nitrogen and oxygen atoms in total. The number of nitrogens with zero attached hydrogens (tertiary/aromatic N) is 9. The van der Waals surface area contributed by atoms with E-state index >= 15 is 4.39 Å². The van der Waals surface area contributed by atoms with Crippen LogP contribution in [0.3, 0.4) is 0 Å². The van der Waals surface area contributed by atoms with Crippen LogP contribution in [0.15, 0.2) is 49.2 Å². The summed E-state index contributed by atoms with van der Waals surface area (Å²) < 4.78 is 44.0. The van der Waals surface area contributed by atoms with E-state index in [4.69, 9.17) is 19.4 Å². The van der Waals surface area contributed by atoms with Gasteiger partial charge in [0.1, 0.15) is 23.4 Å². The Balaban J connectivity index is 1.65. The number of hydrogen-bond donors (Lipinski definition) is 0. The molecule has 0 saturated carbocycles. The molecule has 0 bridgehead atoms. The van der Waals surface area contributed by atoms with Gasteiger partial charge in [0.2, 0.25) is 11.2 Å². The fourth-order valence-corrected chi connectivity index (χ4v) is 4.93. The van der Waals surface area contributed by atoms with Crippen molar-refractivity contribution < 1.29 is 18.1 Å². The molecule has 1 atom stereocenters. The van der Waals surface area contributed by atoms with Crippen LogP contribution in [0.1, 0.15) is 11.4 Å². The van der Waals surface area contributed by atoms with E-state index in [1.54, 1.807) is 62.5 Å². The summed E-state index contributed by atoms with van der Waals surface area (Å²) in [6.07, 6.45) is 6.69. The Morgan fingerprint density at radius 1 is 1.07 bits per heavy atom. The van der Waals surface area contributed by atoms with Crippen molar-refractivity contribution >= 4 is 33.8 Å². The molecule has 0 fully saturated rings. The predicted octanol–water partition coefficient (Wildman–Crippen LogP) is 3.41. The lowest BCUT2D eigenvalue weighted by molar-refractivity contribution is 0.374. The lowest BCUT2D eigenvalue weighted by Gasteiger charge is -2.25. The van der Waals surface area contributed by atoms with Gasteiger partial charge in [-0.25, -0.2) is 31.8 Å². The van der Waals surface area contributed by atoms with Gasteiger partial charge in [-0.3, -0.25) is 9.67 Å². The van der Waals surface area contributed by atoms with E-state index < -0.39 is 17.0 Å². The van der Waals surface area contributed by atoms with Crippen LogP contribution < -0.4 is 14.4 Å². The predicted molar refractivity (Wildman–Crippen MR) is 149 cm³/mol. The number of imidazole rings is 1. The minimum atomic E-state index is -1.47. The molecule has 0 aliphatic rings. The second-order valence-corrected chi connectivity index (χ2v) is 10.6. The number of aromatic nitrogens is 7. The summed E-state index contributed by atoms with van der Waals surface area (Å²) in [6, 6.07) is 6.53. The molecule has 1 unspecified atom stereocenters. The fraction of sp³-hybridized carbons (Fsp3) is 0.269. The van der Waals surface area contributed by atoms with E-state index in [1.165, 1.54) is 26.6 Å². The number of ether oxygens (including phenoxy) is 2. The van der Waals surface area contributed by atoms with Crippen LogP contribution >= 0.6 is 0 Å². The third-order valence-electron chi connectivity index (χ3n) is 6.26. The number of rotatable bonds is 9. The average molecular weight is 566 g/mol. The molecule has 0 aliphatic heterocycles. The van der Waals surface area contributed by atoms with Crippen LogP contribution in [0, 0.1) is 12.7 Å². The maximum Gasteiger partial charge on any atom is 0.203 e. The van der Waals surface area contributed by atoms with Gasteiger partial charge in [0.25, 0.3) is 0 Å². The summed E-state index contributed by atoms with van der Waals surface area (Å²) in [4.78, 5) is 20.1. The molecule has 208 valence electrons. The van der Waals surface area contributed by atoms with Gasteiger partial charge in [0.15, 0.2) is 17.2 Å². The van der Waals surface area contributed by atoms with Gasteiger partial charge in [-0.1, -0.05) is 0 Å². The van der Waals surface area contributed by atoms with E-state index in [-0.39, 0.29) is 18.0 Å². The molecule has 0 radical (unpaired) electrons. The van der Waals surface area contributed by atoms with Gasteiger partial charge >= 0.3 is 0 Å². The summed E-state index contributed by atoms with van der Waals surface area (Å²) in [5.74, 6) is 0.194. The number of pyridine rings is 1. The van der Waals surface area contributed by atoms with Crippen LogP contribution in [-0.2, 0) is 24.8 Å². The number of hydrogen-bond acceptors (Lipinski definition) is 9. The van der Waals surface area contributed by atoms with E-state index in [2.05, 4.69) is 15.1 Å². The Morgan fingerprint density at radius 3 is 2.55 bits per heavy atom. The highest BCUT2D eigenvalue weighted by molar-refractivity contribution is 7.81. The number of aryl methyl sites for hydroxylation is 1. The molecule has 14 heteroatoms. The molecule has 0 N–H and O–H groups in total. The largest absolute Gasteiger partial charge is 0.497 e. The summed E-state index contributed by atoms with van der Waals surface area (Å²) >= 11 is -1.47. The fourth-order valence-electron chi connectivity index (χ4n) is 4.11. The molecule has 1 aromatic carbocycles. The van der Waals surface area contributed by atoms with Crippen LogP contribution in [0.2, 0.25) is 0 Å². The zero-order chi connectivity index (χ0) is 28.6. The number of anilines is 2. The maximum atomic E-state index is 15.8. The highest BCUT2D eigenvalue weighted by Gasteiger charge is 2.24. The van der Waals surface area contributed by atoms with Crippen molar-refractivity contribution in [3.05, 3.63) is 66.4 Å². The Hall–Kier alpha value is -4.43. The number of benzene rings is 1. The third-order valence-corrected chi connectivity index (χ3v) is 7.59.